The number of hydrogen-bond donors (Lipinski definition) is 1. The highest BCUT2D eigenvalue weighted by molar-refractivity contribution is 5.56. The van der Waals surface area contributed by atoms with Crippen LogP contribution in [0.5, 0.6) is 0 Å². The molecule has 2 aromatic rings. The summed E-state index contributed by atoms with van der Waals surface area (Å²) in [6.07, 6.45) is 5.59. The number of hydrogen-bond acceptors (Lipinski definition) is 5. The predicted molar refractivity (Wildman–Crippen MR) is 92.0 cm³/mol. The molecule has 1 N–H and O–H groups in total. The second-order valence-corrected chi connectivity index (χ2v) is 6.90. The zero-order valence-electron chi connectivity index (χ0n) is 13.9. The van der Waals surface area contributed by atoms with Gasteiger partial charge in [0.15, 0.2) is 11.5 Å². The van der Waals surface area contributed by atoms with E-state index in [4.69, 9.17) is 4.98 Å². The minimum atomic E-state index is 0.733. The number of pyridine rings is 1. The van der Waals surface area contributed by atoms with Crippen LogP contribution < -0.4 is 10.2 Å². The SMILES string of the molecule is CN1CCC(Cc2nc3cc(N4CCNCC4)ccn3n2)CC1. The van der Waals surface area contributed by atoms with Crippen molar-refractivity contribution in [3.8, 4) is 0 Å². The number of fused-ring (bicyclic) bond motifs is 1. The van der Waals surface area contributed by atoms with Crippen LogP contribution in [-0.2, 0) is 6.42 Å². The molecule has 6 nitrogen and oxygen atoms in total. The molecule has 0 radical (unpaired) electrons. The molecule has 2 saturated heterocycles. The van der Waals surface area contributed by atoms with E-state index in [2.05, 4.69) is 45.6 Å². The van der Waals surface area contributed by atoms with Crippen LogP contribution in [0.25, 0.3) is 5.65 Å². The number of piperazine rings is 1. The summed E-state index contributed by atoms with van der Waals surface area (Å²) >= 11 is 0. The molecule has 4 heterocycles. The highest BCUT2D eigenvalue weighted by Gasteiger charge is 2.19. The quantitative estimate of drug-likeness (QED) is 0.917. The molecule has 6 heteroatoms. The molecule has 0 bridgehead atoms. The Morgan fingerprint density at radius 1 is 1.17 bits per heavy atom. The highest BCUT2D eigenvalue weighted by Crippen LogP contribution is 2.21. The first-order valence-corrected chi connectivity index (χ1v) is 8.77. The third-order valence-corrected chi connectivity index (χ3v) is 5.16. The van der Waals surface area contributed by atoms with E-state index in [1.165, 1.54) is 31.6 Å². The Balaban J connectivity index is 1.49. The van der Waals surface area contributed by atoms with Gasteiger partial charge >= 0.3 is 0 Å². The lowest BCUT2D eigenvalue weighted by Crippen LogP contribution is -2.43. The maximum absolute atomic E-state index is 4.78. The monoisotopic (exact) mass is 314 g/mol. The summed E-state index contributed by atoms with van der Waals surface area (Å²) in [4.78, 5) is 9.61. The molecule has 0 amide bonds. The third kappa shape index (κ3) is 3.33. The molecular weight excluding hydrogens is 288 g/mol. The van der Waals surface area contributed by atoms with Gasteiger partial charge in [0, 0.05) is 50.6 Å². The first-order chi connectivity index (χ1) is 11.3. The summed E-state index contributed by atoms with van der Waals surface area (Å²) in [5, 5.41) is 8.07. The van der Waals surface area contributed by atoms with Crippen molar-refractivity contribution in [3.63, 3.8) is 0 Å². The van der Waals surface area contributed by atoms with E-state index in [-0.39, 0.29) is 0 Å². The van der Waals surface area contributed by atoms with E-state index in [1.807, 2.05) is 4.52 Å². The van der Waals surface area contributed by atoms with Gasteiger partial charge in [0.2, 0.25) is 0 Å². The molecular formula is C17H26N6. The van der Waals surface area contributed by atoms with Gasteiger partial charge in [0.05, 0.1) is 0 Å². The van der Waals surface area contributed by atoms with Crippen LogP contribution >= 0.6 is 0 Å². The smallest absolute Gasteiger partial charge is 0.157 e. The summed E-state index contributed by atoms with van der Waals surface area (Å²) < 4.78 is 1.93. The number of anilines is 1. The van der Waals surface area contributed by atoms with Crippen LogP contribution in [0.2, 0.25) is 0 Å². The minimum absolute atomic E-state index is 0.733. The van der Waals surface area contributed by atoms with E-state index in [9.17, 15) is 0 Å². The van der Waals surface area contributed by atoms with Crippen molar-refractivity contribution in [2.45, 2.75) is 19.3 Å². The van der Waals surface area contributed by atoms with Gasteiger partial charge in [0.1, 0.15) is 0 Å². The molecule has 0 spiro atoms. The van der Waals surface area contributed by atoms with Gasteiger partial charge in [-0.25, -0.2) is 9.50 Å². The molecule has 0 unspecified atom stereocenters. The van der Waals surface area contributed by atoms with E-state index in [0.29, 0.717) is 0 Å². The van der Waals surface area contributed by atoms with Crippen LogP contribution in [0.15, 0.2) is 18.3 Å². The van der Waals surface area contributed by atoms with Crippen molar-refractivity contribution >= 4 is 11.3 Å². The average Bonchev–Trinajstić information content (AvgIpc) is 2.99. The second kappa shape index (κ2) is 6.45. The van der Waals surface area contributed by atoms with Gasteiger partial charge in [-0.2, -0.15) is 5.10 Å². The van der Waals surface area contributed by atoms with Crippen molar-refractivity contribution in [2.24, 2.45) is 5.92 Å². The fourth-order valence-corrected chi connectivity index (χ4v) is 3.65. The zero-order chi connectivity index (χ0) is 15.6. The van der Waals surface area contributed by atoms with Gasteiger partial charge < -0.3 is 15.1 Å². The molecule has 0 saturated carbocycles. The Kier molecular flexibility index (Phi) is 4.18. The summed E-state index contributed by atoms with van der Waals surface area (Å²) in [5.74, 6) is 1.73. The number of piperidine rings is 1. The van der Waals surface area contributed by atoms with E-state index in [0.717, 1.165) is 50.0 Å². The van der Waals surface area contributed by atoms with Crippen LogP contribution in [0.4, 0.5) is 5.69 Å². The van der Waals surface area contributed by atoms with Gasteiger partial charge in [-0.15, -0.1) is 0 Å². The minimum Gasteiger partial charge on any atom is -0.369 e. The lowest BCUT2D eigenvalue weighted by molar-refractivity contribution is 0.217. The molecule has 23 heavy (non-hydrogen) atoms. The Bertz CT molecular complexity index is 652. The second-order valence-electron chi connectivity index (χ2n) is 6.90. The van der Waals surface area contributed by atoms with Crippen LogP contribution in [0.1, 0.15) is 18.7 Å². The van der Waals surface area contributed by atoms with E-state index < -0.39 is 0 Å². The summed E-state index contributed by atoms with van der Waals surface area (Å²) in [7, 11) is 2.21. The summed E-state index contributed by atoms with van der Waals surface area (Å²) in [5.41, 5.74) is 2.24. The van der Waals surface area contributed by atoms with Gasteiger partial charge in [0.25, 0.3) is 0 Å². The molecule has 0 aliphatic carbocycles. The summed E-state index contributed by atoms with van der Waals surface area (Å²) in [6.45, 7) is 6.63. The highest BCUT2D eigenvalue weighted by atomic mass is 15.3. The van der Waals surface area contributed by atoms with Gasteiger partial charge in [-0.3, -0.25) is 0 Å². The number of rotatable bonds is 3. The molecule has 4 rings (SSSR count). The first kappa shape index (κ1) is 14.9. The fourth-order valence-electron chi connectivity index (χ4n) is 3.65. The molecule has 2 fully saturated rings. The zero-order valence-corrected chi connectivity index (χ0v) is 13.9. The van der Waals surface area contributed by atoms with Gasteiger partial charge in [-0.1, -0.05) is 0 Å². The number of likely N-dealkylation sites (tertiary alicyclic amines) is 1. The Morgan fingerprint density at radius 2 is 1.96 bits per heavy atom. The molecule has 2 aliphatic heterocycles. The Labute approximate surface area is 137 Å². The van der Waals surface area contributed by atoms with Crippen molar-refractivity contribution in [2.75, 3.05) is 51.2 Å². The van der Waals surface area contributed by atoms with Crippen LogP contribution in [0, 0.1) is 5.92 Å². The molecule has 2 aromatic heterocycles. The number of nitrogens with zero attached hydrogens (tertiary/aromatic N) is 5. The van der Waals surface area contributed by atoms with Crippen molar-refractivity contribution in [1.82, 2.24) is 24.8 Å². The van der Waals surface area contributed by atoms with Crippen molar-refractivity contribution in [3.05, 3.63) is 24.2 Å². The van der Waals surface area contributed by atoms with Gasteiger partial charge in [-0.05, 0) is 45.0 Å². The molecule has 124 valence electrons. The van der Waals surface area contributed by atoms with E-state index >= 15 is 0 Å². The fraction of sp³-hybridized carbons (Fsp3) is 0.647. The average molecular weight is 314 g/mol. The summed E-state index contributed by atoms with van der Waals surface area (Å²) in [6, 6.07) is 4.34. The molecule has 2 aliphatic rings. The lowest BCUT2D eigenvalue weighted by Gasteiger charge is -2.29. The predicted octanol–water partition coefficient (Wildman–Crippen LogP) is 1.02. The standard InChI is InChI=1S/C17H26N6/c1-21-7-2-14(3-8-21)12-16-19-17-13-15(4-9-23(17)20-16)22-10-5-18-6-11-22/h4,9,13-14,18H,2-3,5-8,10-12H2,1H3. The Morgan fingerprint density at radius 3 is 2.74 bits per heavy atom. The lowest BCUT2D eigenvalue weighted by atomic mass is 9.94. The largest absolute Gasteiger partial charge is 0.369 e. The van der Waals surface area contributed by atoms with Crippen LogP contribution in [0.3, 0.4) is 0 Å². The Hall–Kier alpha value is -1.66. The third-order valence-electron chi connectivity index (χ3n) is 5.16. The van der Waals surface area contributed by atoms with Crippen LogP contribution in [-0.4, -0.2) is 65.8 Å². The number of aromatic nitrogens is 3. The topological polar surface area (TPSA) is 48.7 Å². The maximum atomic E-state index is 4.78. The van der Waals surface area contributed by atoms with Crippen molar-refractivity contribution < 1.29 is 0 Å². The first-order valence-electron chi connectivity index (χ1n) is 8.77. The maximum Gasteiger partial charge on any atom is 0.157 e. The molecule has 0 aromatic carbocycles. The van der Waals surface area contributed by atoms with Crippen molar-refractivity contribution in [1.29, 1.82) is 0 Å². The molecule has 0 atom stereocenters. The number of nitrogens with one attached hydrogen (secondary N) is 1. The van der Waals surface area contributed by atoms with E-state index in [1.54, 1.807) is 0 Å². The normalized spacial score (nSPS) is 21.2.